The van der Waals surface area contributed by atoms with E-state index in [-0.39, 0.29) is 23.5 Å². The largest absolute Gasteiger partial charge is 0.416 e. The molecule has 3 aromatic rings. The van der Waals surface area contributed by atoms with Crippen LogP contribution in [0.3, 0.4) is 0 Å². The van der Waals surface area contributed by atoms with Gasteiger partial charge in [0.15, 0.2) is 0 Å². The molecule has 0 bridgehead atoms. The van der Waals surface area contributed by atoms with Gasteiger partial charge >= 0.3 is 11.9 Å². The molecule has 0 spiro atoms. The summed E-state index contributed by atoms with van der Waals surface area (Å²) in [6.45, 7) is 8.55. The predicted molar refractivity (Wildman–Crippen MR) is 126 cm³/mol. The van der Waals surface area contributed by atoms with E-state index in [0.717, 1.165) is 34.1 Å². The van der Waals surface area contributed by atoms with Gasteiger partial charge in [-0.2, -0.15) is 13.2 Å². The highest BCUT2D eigenvalue weighted by Gasteiger charge is 2.31. The molecule has 0 unspecified atom stereocenters. The van der Waals surface area contributed by atoms with Crippen molar-refractivity contribution in [3.8, 4) is 5.69 Å². The second-order valence-electron chi connectivity index (χ2n) is 9.27. The zero-order valence-corrected chi connectivity index (χ0v) is 20.2. The lowest BCUT2D eigenvalue weighted by molar-refractivity contribution is -0.137. The van der Waals surface area contributed by atoms with E-state index < -0.39 is 23.0 Å². The summed E-state index contributed by atoms with van der Waals surface area (Å²) < 4.78 is 41.9. The van der Waals surface area contributed by atoms with Crippen LogP contribution >= 0.6 is 11.3 Å². The number of piperidine rings is 1. The summed E-state index contributed by atoms with van der Waals surface area (Å²) in [5, 5.41) is 0.243. The van der Waals surface area contributed by atoms with Crippen molar-refractivity contribution in [1.82, 2.24) is 14.0 Å². The minimum absolute atomic E-state index is 0.184. The molecule has 2 atom stereocenters. The van der Waals surface area contributed by atoms with Gasteiger partial charge in [0.2, 0.25) is 5.91 Å². The summed E-state index contributed by atoms with van der Waals surface area (Å²) in [6.07, 6.45) is -3.62. The second kappa shape index (κ2) is 8.72. The normalized spacial score (nSPS) is 19.1. The van der Waals surface area contributed by atoms with Crippen LogP contribution in [0.15, 0.2) is 33.9 Å². The van der Waals surface area contributed by atoms with Crippen LogP contribution in [0.4, 0.5) is 13.2 Å². The third kappa shape index (κ3) is 4.31. The number of fused-ring (bicyclic) bond motifs is 1. The quantitative estimate of drug-likeness (QED) is 0.545. The molecule has 3 heterocycles. The highest BCUT2D eigenvalue weighted by atomic mass is 32.1. The molecule has 0 aliphatic carbocycles. The van der Waals surface area contributed by atoms with Gasteiger partial charge in [0.05, 0.1) is 16.6 Å². The van der Waals surface area contributed by atoms with Gasteiger partial charge in [0.25, 0.3) is 5.56 Å². The number of alkyl halides is 3. The maximum atomic E-state index is 13.5. The van der Waals surface area contributed by atoms with Crippen molar-refractivity contribution in [1.29, 1.82) is 0 Å². The van der Waals surface area contributed by atoms with E-state index in [9.17, 15) is 27.6 Å². The predicted octanol–water partition coefficient (Wildman–Crippen LogP) is 4.35. The minimum Gasteiger partial charge on any atom is -0.341 e. The number of rotatable bonds is 3. The number of carbonyl (C=O) groups excluding carboxylic acids is 1. The van der Waals surface area contributed by atoms with E-state index in [1.54, 1.807) is 18.7 Å². The van der Waals surface area contributed by atoms with Crippen LogP contribution in [0.1, 0.15) is 36.3 Å². The molecule has 4 rings (SSSR count). The molecule has 34 heavy (non-hydrogen) atoms. The van der Waals surface area contributed by atoms with E-state index in [2.05, 4.69) is 13.8 Å². The Labute approximate surface area is 198 Å². The molecule has 182 valence electrons. The molecule has 0 radical (unpaired) electrons. The van der Waals surface area contributed by atoms with Gasteiger partial charge in [-0.05, 0) is 55.9 Å². The molecular formula is C24H26F3N3O3S. The van der Waals surface area contributed by atoms with Gasteiger partial charge in [0.1, 0.15) is 11.4 Å². The van der Waals surface area contributed by atoms with Crippen molar-refractivity contribution >= 4 is 27.5 Å². The summed E-state index contributed by atoms with van der Waals surface area (Å²) in [6, 6.07) is 4.11. The van der Waals surface area contributed by atoms with E-state index in [1.807, 2.05) is 0 Å². The van der Waals surface area contributed by atoms with Gasteiger partial charge in [-0.25, -0.2) is 9.36 Å². The molecule has 1 saturated heterocycles. The van der Waals surface area contributed by atoms with Gasteiger partial charge in [0, 0.05) is 18.0 Å². The van der Waals surface area contributed by atoms with E-state index >= 15 is 0 Å². The highest BCUT2D eigenvalue weighted by Crippen LogP contribution is 2.31. The Bertz CT molecular complexity index is 1380. The first kappa shape index (κ1) is 24.3. The number of thiophene rings is 1. The molecule has 6 nitrogen and oxygen atoms in total. The number of aromatic nitrogens is 2. The first-order valence-electron chi connectivity index (χ1n) is 11.1. The summed E-state index contributed by atoms with van der Waals surface area (Å²) in [5.74, 6) is 0.407. The summed E-state index contributed by atoms with van der Waals surface area (Å²) in [7, 11) is 0. The number of aryl methyl sites for hydroxylation is 2. The van der Waals surface area contributed by atoms with Crippen molar-refractivity contribution in [3.05, 3.63) is 61.1 Å². The number of nitrogens with zero attached hydrogens (tertiary/aromatic N) is 3. The summed E-state index contributed by atoms with van der Waals surface area (Å²) >= 11 is 1.23. The molecule has 2 aromatic heterocycles. The first-order valence-corrected chi connectivity index (χ1v) is 11.9. The van der Waals surface area contributed by atoms with Crippen LogP contribution in [-0.4, -0.2) is 33.0 Å². The SMILES string of the molecule is Cc1sc2c(c1C)c(=O)n(-c1cccc(C(F)(F)F)c1)c(=O)n2CC(=O)N1C[C@H](C)C[C@@H](C)C1. The Balaban J connectivity index is 1.90. The monoisotopic (exact) mass is 493 g/mol. The second-order valence-corrected chi connectivity index (χ2v) is 10.5. The standard InChI is InChI=1S/C24H26F3N3O3S/c1-13-8-14(2)11-28(10-13)19(31)12-29-22-20(15(3)16(4)34-22)21(32)30(23(29)33)18-7-5-6-17(9-18)24(25,26)27/h5-7,9,13-14H,8,10-12H2,1-4H3/t13-,14-/m1/s1. The number of carbonyl (C=O) groups is 1. The molecule has 0 saturated carbocycles. The highest BCUT2D eigenvalue weighted by molar-refractivity contribution is 7.18. The van der Waals surface area contributed by atoms with Crippen LogP contribution in [0.25, 0.3) is 15.9 Å². The molecule has 1 aromatic carbocycles. The van der Waals surface area contributed by atoms with Gasteiger partial charge < -0.3 is 4.90 Å². The Hall–Kier alpha value is -2.88. The van der Waals surface area contributed by atoms with E-state index in [4.69, 9.17) is 0 Å². The topological polar surface area (TPSA) is 64.3 Å². The molecule has 1 amide bonds. The number of benzene rings is 1. The van der Waals surface area contributed by atoms with Gasteiger partial charge in [-0.3, -0.25) is 14.2 Å². The van der Waals surface area contributed by atoms with E-state index in [0.29, 0.717) is 35.3 Å². The van der Waals surface area contributed by atoms with E-state index in [1.165, 1.54) is 22.0 Å². The van der Waals surface area contributed by atoms with Crippen LogP contribution < -0.4 is 11.2 Å². The lowest BCUT2D eigenvalue weighted by atomic mass is 9.92. The zero-order chi connectivity index (χ0) is 24.9. The van der Waals surface area contributed by atoms with Crippen LogP contribution in [0, 0.1) is 25.7 Å². The van der Waals surface area contributed by atoms with Gasteiger partial charge in [-0.15, -0.1) is 11.3 Å². The molecule has 1 fully saturated rings. The van der Waals surface area contributed by atoms with Crippen LogP contribution in [0.5, 0.6) is 0 Å². The fourth-order valence-corrected chi connectivity index (χ4v) is 5.89. The molecular weight excluding hydrogens is 467 g/mol. The van der Waals surface area contributed by atoms with Crippen molar-refractivity contribution in [2.75, 3.05) is 13.1 Å². The van der Waals surface area contributed by atoms with Crippen molar-refractivity contribution in [3.63, 3.8) is 0 Å². The molecule has 0 N–H and O–H groups in total. The maximum absolute atomic E-state index is 13.5. The number of hydrogen-bond donors (Lipinski definition) is 0. The summed E-state index contributed by atoms with van der Waals surface area (Å²) in [5.41, 5.74) is -2.02. The number of hydrogen-bond acceptors (Lipinski definition) is 4. The fourth-order valence-electron chi connectivity index (χ4n) is 4.75. The Kier molecular flexibility index (Phi) is 6.22. The lowest BCUT2D eigenvalue weighted by Gasteiger charge is -2.35. The number of likely N-dealkylation sites (tertiary alicyclic amines) is 1. The van der Waals surface area contributed by atoms with Crippen LogP contribution in [0.2, 0.25) is 0 Å². The summed E-state index contributed by atoms with van der Waals surface area (Å²) in [4.78, 5) is 43.0. The third-order valence-corrected chi connectivity index (χ3v) is 7.63. The van der Waals surface area contributed by atoms with Crippen molar-refractivity contribution in [2.24, 2.45) is 11.8 Å². The van der Waals surface area contributed by atoms with Crippen molar-refractivity contribution < 1.29 is 18.0 Å². The fraction of sp³-hybridized carbons (Fsp3) is 0.458. The number of amides is 1. The number of halogens is 3. The Morgan fingerprint density at radius 1 is 1.12 bits per heavy atom. The molecule has 1 aliphatic rings. The lowest BCUT2D eigenvalue weighted by Crippen LogP contribution is -2.46. The van der Waals surface area contributed by atoms with Crippen molar-refractivity contribution in [2.45, 2.75) is 46.8 Å². The smallest absolute Gasteiger partial charge is 0.341 e. The molecule has 10 heteroatoms. The minimum atomic E-state index is -4.63. The van der Waals surface area contributed by atoms with Crippen LogP contribution in [-0.2, 0) is 17.5 Å². The average molecular weight is 494 g/mol. The maximum Gasteiger partial charge on any atom is 0.416 e. The average Bonchev–Trinajstić information content (AvgIpc) is 3.04. The van der Waals surface area contributed by atoms with Gasteiger partial charge in [-0.1, -0.05) is 19.9 Å². The Morgan fingerprint density at radius 3 is 2.38 bits per heavy atom. The first-order chi connectivity index (χ1) is 15.9. The zero-order valence-electron chi connectivity index (χ0n) is 19.4. The third-order valence-electron chi connectivity index (χ3n) is 6.40. The Morgan fingerprint density at radius 2 is 1.76 bits per heavy atom. The molecule has 1 aliphatic heterocycles.